The Morgan fingerprint density at radius 2 is 1.70 bits per heavy atom. The molecular weight excluding hydrogens is 248 g/mol. The van der Waals surface area contributed by atoms with Crippen LogP contribution in [0.5, 0.6) is 0 Å². The molecule has 1 aliphatic rings. The zero-order valence-corrected chi connectivity index (χ0v) is 12.8. The number of piperidine rings is 1. The first-order chi connectivity index (χ1) is 9.69. The number of rotatable bonds is 5. The highest BCUT2D eigenvalue weighted by atomic mass is 16.2. The number of aryl methyl sites for hydroxylation is 1. The molecule has 3 heteroatoms. The van der Waals surface area contributed by atoms with Crippen molar-refractivity contribution in [1.82, 2.24) is 9.80 Å². The Hall–Kier alpha value is -1.35. The summed E-state index contributed by atoms with van der Waals surface area (Å²) in [5.74, 6) is 0.228. The molecule has 0 N–H and O–H groups in total. The van der Waals surface area contributed by atoms with Crippen LogP contribution in [0.1, 0.15) is 37.3 Å². The summed E-state index contributed by atoms with van der Waals surface area (Å²) < 4.78 is 0. The van der Waals surface area contributed by atoms with E-state index in [9.17, 15) is 4.79 Å². The van der Waals surface area contributed by atoms with Gasteiger partial charge in [-0.25, -0.2) is 0 Å². The van der Waals surface area contributed by atoms with Gasteiger partial charge >= 0.3 is 0 Å². The summed E-state index contributed by atoms with van der Waals surface area (Å²) in [6, 6.07) is 8.56. The molecule has 1 heterocycles. The Balaban J connectivity index is 1.83. The van der Waals surface area contributed by atoms with Gasteiger partial charge in [0.05, 0.1) is 6.54 Å². The lowest BCUT2D eigenvalue weighted by Gasteiger charge is -2.28. The monoisotopic (exact) mass is 274 g/mol. The molecule has 1 saturated heterocycles. The molecule has 1 amide bonds. The smallest absolute Gasteiger partial charge is 0.236 e. The average molecular weight is 274 g/mol. The molecule has 1 aromatic rings. The number of likely N-dealkylation sites (tertiary alicyclic amines) is 1. The molecule has 0 unspecified atom stereocenters. The fraction of sp³-hybridized carbons (Fsp3) is 0.588. The summed E-state index contributed by atoms with van der Waals surface area (Å²) >= 11 is 0. The molecule has 0 bridgehead atoms. The zero-order valence-electron chi connectivity index (χ0n) is 12.8. The van der Waals surface area contributed by atoms with Crippen LogP contribution in [0.15, 0.2) is 24.3 Å². The van der Waals surface area contributed by atoms with Crippen LogP contribution in [0.2, 0.25) is 0 Å². The van der Waals surface area contributed by atoms with Gasteiger partial charge in [0.1, 0.15) is 0 Å². The maximum atomic E-state index is 12.2. The van der Waals surface area contributed by atoms with Crippen LogP contribution in [0.25, 0.3) is 0 Å². The molecule has 1 aliphatic heterocycles. The Morgan fingerprint density at radius 1 is 1.10 bits per heavy atom. The first-order valence-electron chi connectivity index (χ1n) is 7.73. The summed E-state index contributed by atoms with van der Waals surface area (Å²) in [4.78, 5) is 16.3. The van der Waals surface area contributed by atoms with Crippen molar-refractivity contribution in [2.75, 3.05) is 26.7 Å². The molecule has 3 nitrogen and oxygen atoms in total. The summed E-state index contributed by atoms with van der Waals surface area (Å²) in [7, 11) is 1.90. The molecule has 0 spiro atoms. The third-order valence-corrected chi connectivity index (χ3v) is 4.08. The van der Waals surface area contributed by atoms with Crippen molar-refractivity contribution in [2.24, 2.45) is 0 Å². The van der Waals surface area contributed by atoms with Crippen LogP contribution < -0.4 is 0 Å². The second kappa shape index (κ2) is 7.44. The molecule has 2 rings (SSSR count). The second-order valence-electron chi connectivity index (χ2n) is 5.76. The highest BCUT2D eigenvalue weighted by Gasteiger charge is 2.16. The molecule has 20 heavy (non-hydrogen) atoms. The molecule has 0 aliphatic carbocycles. The number of hydrogen-bond acceptors (Lipinski definition) is 2. The lowest BCUT2D eigenvalue weighted by Crippen LogP contribution is -2.40. The lowest BCUT2D eigenvalue weighted by molar-refractivity contribution is -0.131. The minimum absolute atomic E-state index is 0.228. The number of hydrogen-bond donors (Lipinski definition) is 0. The molecule has 0 radical (unpaired) electrons. The number of benzene rings is 1. The predicted molar refractivity (Wildman–Crippen MR) is 82.6 cm³/mol. The Labute approximate surface area is 122 Å². The molecule has 1 fully saturated rings. The van der Waals surface area contributed by atoms with E-state index in [1.165, 1.54) is 30.4 Å². The largest absolute Gasteiger partial charge is 0.340 e. The third kappa shape index (κ3) is 4.34. The molecule has 1 aromatic carbocycles. The van der Waals surface area contributed by atoms with Crippen molar-refractivity contribution in [2.45, 2.75) is 39.2 Å². The van der Waals surface area contributed by atoms with Gasteiger partial charge in [-0.1, -0.05) is 37.6 Å². The Kier molecular flexibility index (Phi) is 5.60. The summed E-state index contributed by atoms with van der Waals surface area (Å²) in [6.07, 6.45) is 4.83. The number of likely N-dealkylation sites (N-methyl/N-ethyl adjacent to an activating group) is 1. The Morgan fingerprint density at radius 3 is 2.30 bits per heavy atom. The molecular formula is C17H26N2O. The van der Waals surface area contributed by atoms with Crippen LogP contribution in [0.3, 0.4) is 0 Å². The van der Waals surface area contributed by atoms with E-state index >= 15 is 0 Å². The summed E-state index contributed by atoms with van der Waals surface area (Å²) in [5.41, 5.74) is 2.55. The van der Waals surface area contributed by atoms with Crippen LogP contribution in [-0.4, -0.2) is 42.4 Å². The van der Waals surface area contributed by atoms with Gasteiger partial charge in [0.2, 0.25) is 5.91 Å². The molecule has 0 atom stereocenters. The first-order valence-corrected chi connectivity index (χ1v) is 7.73. The normalized spacial score (nSPS) is 16.1. The van der Waals surface area contributed by atoms with E-state index in [1.807, 2.05) is 11.9 Å². The van der Waals surface area contributed by atoms with Crippen LogP contribution in [0, 0.1) is 0 Å². The van der Waals surface area contributed by atoms with Gasteiger partial charge in [-0.15, -0.1) is 0 Å². The van der Waals surface area contributed by atoms with E-state index < -0.39 is 0 Å². The standard InChI is InChI=1S/C17H26N2O/c1-3-15-7-9-16(10-8-15)13-18(2)17(20)14-19-11-5-4-6-12-19/h7-10H,3-6,11-14H2,1-2H3. The maximum absolute atomic E-state index is 12.2. The third-order valence-electron chi connectivity index (χ3n) is 4.08. The van der Waals surface area contributed by atoms with E-state index in [-0.39, 0.29) is 5.91 Å². The van der Waals surface area contributed by atoms with E-state index in [2.05, 4.69) is 36.1 Å². The number of carbonyl (C=O) groups excluding carboxylic acids is 1. The summed E-state index contributed by atoms with van der Waals surface area (Å²) in [6.45, 7) is 5.58. The fourth-order valence-electron chi connectivity index (χ4n) is 2.67. The first kappa shape index (κ1) is 15.0. The quantitative estimate of drug-likeness (QED) is 0.824. The van der Waals surface area contributed by atoms with Crippen molar-refractivity contribution < 1.29 is 4.79 Å². The van der Waals surface area contributed by atoms with Gasteiger partial charge in [-0.05, 0) is 43.5 Å². The highest BCUT2D eigenvalue weighted by molar-refractivity contribution is 5.78. The van der Waals surface area contributed by atoms with Crippen LogP contribution >= 0.6 is 0 Å². The van der Waals surface area contributed by atoms with Gasteiger partial charge in [-0.2, -0.15) is 0 Å². The minimum atomic E-state index is 0.228. The fourth-order valence-corrected chi connectivity index (χ4v) is 2.67. The molecule has 0 saturated carbocycles. The van der Waals surface area contributed by atoms with Gasteiger partial charge in [0.25, 0.3) is 0 Å². The zero-order chi connectivity index (χ0) is 14.4. The van der Waals surface area contributed by atoms with Gasteiger partial charge in [0.15, 0.2) is 0 Å². The van der Waals surface area contributed by atoms with Gasteiger partial charge < -0.3 is 4.90 Å². The number of nitrogens with zero attached hydrogens (tertiary/aromatic N) is 2. The Bertz CT molecular complexity index is 421. The van der Waals surface area contributed by atoms with Crippen LogP contribution in [-0.2, 0) is 17.8 Å². The highest BCUT2D eigenvalue weighted by Crippen LogP contribution is 2.10. The van der Waals surface area contributed by atoms with Gasteiger partial charge in [0, 0.05) is 13.6 Å². The van der Waals surface area contributed by atoms with E-state index in [1.54, 1.807) is 0 Å². The van der Waals surface area contributed by atoms with Crippen molar-refractivity contribution in [3.8, 4) is 0 Å². The van der Waals surface area contributed by atoms with Gasteiger partial charge in [-0.3, -0.25) is 9.69 Å². The minimum Gasteiger partial charge on any atom is -0.340 e. The average Bonchev–Trinajstić information content (AvgIpc) is 2.49. The summed E-state index contributed by atoms with van der Waals surface area (Å²) in [5, 5.41) is 0. The number of carbonyl (C=O) groups is 1. The molecule has 110 valence electrons. The SMILES string of the molecule is CCc1ccc(CN(C)C(=O)CN2CCCCC2)cc1. The van der Waals surface area contributed by atoms with E-state index in [0.29, 0.717) is 13.1 Å². The maximum Gasteiger partial charge on any atom is 0.236 e. The van der Waals surface area contributed by atoms with Crippen molar-refractivity contribution in [1.29, 1.82) is 0 Å². The predicted octanol–water partition coefficient (Wildman–Crippen LogP) is 2.69. The lowest BCUT2D eigenvalue weighted by atomic mass is 10.1. The van der Waals surface area contributed by atoms with E-state index in [0.717, 1.165) is 19.5 Å². The van der Waals surface area contributed by atoms with Crippen molar-refractivity contribution >= 4 is 5.91 Å². The van der Waals surface area contributed by atoms with Crippen LogP contribution in [0.4, 0.5) is 0 Å². The second-order valence-corrected chi connectivity index (χ2v) is 5.76. The number of amides is 1. The molecule has 0 aromatic heterocycles. The van der Waals surface area contributed by atoms with Crippen molar-refractivity contribution in [3.63, 3.8) is 0 Å². The van der Waals surface area contributed by atoms with E-state index in [4.69, 9.17) is 0 Å². The topological polar surface area (TPSA) is 23.6 Å². The van der Waals surface area contributed by atoms with Crippen molar-refractivity contribution in [3.05, 3.63) is 35.4 Å².